The number of rotatable bonds is 7. The van der Waals surface area contributed by atoms with Crippen LogP contribution in [0.4, 0.5) is 4.79 Å². The molecule has 2 bridgehead atoms. The van der Waals surface area contributed by atoms with Gasteiger partial charge < -0.3 is 40.5 Å². The average Bonchev–Trinajstić information content (AvgIpc) is 3.56. The van der Waals surface area contributed by atoms with E-state index in [1.807, 2.05) is 6.92 Å². The molecule has 0 saturated carbocycles. The molecule has 2 heterocycles. The Morgan fingerprint density at radius 2 is 1.89 bits per heavy atom. The molecular formula is C34H43N3O9S. The van der Waals surface area contributed by atoms with Crippen LogP contribution in [0.1, 0.15) is 45.4 Å². The number of allylic oxidation sites excluding steroid dienone is 4. The highest BCUT2D eigenvalue weighted by molar-refractivity contribution is 7.11. The second-order valence-corrected chi connectivity index (χ2v) is 12.6. The molecule has 1 aromatic rings. The number of nitrogens with one attached hydrogen (secondary N) is 2. The molecule has 0 saturated heterocycles. The summed E-state index contributed by atoms with van der Waals surface area (Å²) in [5, 5.41) is 18.6. The summed E-state index contributed by atoms with van der Waals surface area (Å²) in [7, 11) is 2.89. The van der Waals surface area contributed by atoms with Gasteiger partial charge in [-0.05, 0) is 49.6 Å². The fourth-order valence-corrected chi connectivity index (χ4v) is 6.42. The molecule has 12 nitrogen and oxygen atoms in total. The Bertz CT molecular complexity index is 1510. The van der Waals surface area contributed by atoms with E-state index in [4.69, 9.17) is 19.9 Å². The molecule has 3 rings (SSSR count). The Balaban J connectivity index is 2.21. The zero-order valence-corrected chi connectivity index (χ0v) is 28.2. The maximum Gasteiger partial charge on any atom is 0.405 e. The van der Waals surface area contributed by atoms with Crippen LogP contribution < -0.4 is 16.4 Å². The largest absolute Gasteiger partial charge is 0.439 e. The molecule has 5 N–H and O–H groups in total. The number of methoxy groups -OCH3 is 2. The fraction of sp³-hybridized carbons (Fsp3) is 0.441. The minimum absolute atomic E-state index is 0.0102. The van der Waals surface area contributed by atoms with Crippen molar-refractivity contribution in [1.29, 1.82) is 0 Å². The van der Waals surface area contributed by atoms with E-state index in [1.165, 1.54) is 44.6 Å². The van der Waals surface area contributed by atoms with E-state index in [0.717, 1.165) is 0 Å². The van der Waals surface area contributed by atoms with Crippen LogP contribution in [0.2, 0.25) is 0 Å². The maximum absolute atomic E-state index is 14.2. The normalized spacial score (nSPS) is 29.7. The SMILES string of the molecule is CO[C@H]1/C=C\C=C(/C)C(=O)NC2=C(c3cccs3)C(=O)C(NCC=O)=C(C[C@@H](C)C[C@H](OC)[C@H](O)[C@@H](C)/C=C(\C)[C@@H]1OC(N)=O)C2=O. The van der Waals surface area contributed by atoms with Crippen LogP contribution in [0.15, 0.2) is 69.9 Å². The number of carbonyl (C=O) groups is 5. The van der Waals surface area contributed by atoms with Gasteiger partial charge in [0.05, 0.1) is 30.0 Å². The van der Waals surface area contributed by atoms with Crippen LogP contribution in [-0.4, -0.2) is 80.1 Å². The number of thiophene rings is 1. The van der Waals surface area contributed by atoms with Gasteiger partial charge in [0.25, 0.3) is 5.91 Å². The highest BCUT2D eigenvalue weighted by Gasteiger charge is 2.38. The van der Waals surface area contributed by atoms with Crippen molar-refractivity contribution in [3.63, 3.8) is 0 Å². The molecule has 2 amide bonds. The predicted molar refractivity (Wildman–Crippen MR) is 177 cm³/mol. The summed E-state index contributed by atoms with van der Waals surface area (Å²) < 4.78 is 16.7. The topological polar surface area (TPSA) is 183 Å². The molecule has 6 atom stereocenters. The molecule has 47 heavy (non-hydrogen) atoms. The number of hydrogen-bond donors (Lipinski definition) is 4. The number of hydrogen-bond acceptors (Lipinski definition) is 11. The molecule has 2 aliphatic rings. The lowest BCUT2D eigenvalue weighted by molar-refractivity contribution is -0.120. The van der Waals surface area contributed by atoms with E-state index >= 15 is 0 Å². The molecule has 1 aromatic heterocycles. The molecule has 0 unspecified atom stereocenters. The first-order valence-corrected chi connectivity index (χ1v) is 16.0. The Hall–Kier alpha value is -4.17. The number of aldehydes is 1. The highest BCUT2D eigenvalue weighted by atomic mass is 32.1. The van der Waals surface area contributed by atoms with Crippen molar-refractivity contribution in [3.05, 3.63) is 74.8 Å². The Morgan fingerprint density at radius 3 is 2.49 bits per heavy atom. The van der Waals surface area contributed by atoms with E-state index < -0.39 is 53.9 Å². The van der Waals surface area contributed by atoms with Crippen LogP contribution in [0.5, 0.6) is 0 Å². The summed E-state index contributed by atoms with van der Waals surface area (Å²) in [5.74, 6) is -2.50. The van der Waals surface area contributed by atoms with E-state index in [-0.39, 0.29) is 53.4 Å². The smallest absolute Gasteiger partial charge is 0.405 e. The van der Waals surface area contributed by atoms with Crippen LogP contribution in [0.3, 0.4) is 0 Å². The van der Waals surface area contributed by atoms with Crippen molar-refractivity contribution in [3.8, 4) is 0 Å². The summed E-state index contributed by atoms with van der Waals surface area (Å²) in [5.41, 5.74) is 6.09. The van der Waals surface area contributed by atoms with Gasteiger partial charge in [0.15, 0.2) is 6.10 Å². The first kappa shape index (κ1) is 37.3. The number of ether oxygens (including phenoxy) is 3. The number of primary amides is 1. The van der Waals surface area contributed by atoms with Crippen LogP contribution in [-0.2, 0) is 33.4 Å². The van der Waals surface area contributed by atoms with Gasteiger partial charge in [0.2, 0.25) is 11.6 Å². The van der Waals surface area contributed by atoms with Crippen LogP contribution >= 0.6 is 11.3 Å². The zero-order valence-electron chi connectivity index (χ0n) is 27.4. The molecule has 254 valence electrons. The number of amides is 2. The predicted octanol–water partition coefficient (Wildman–Crippen LogP) is 3.14. The second kappa shape index (κ2) is 17.1. The Labute approximate surface area is 278 Å². The maximum atomic E-state index is 14.2. The number of nitrogens with two attached hydrogens (primary N) is 1. The molecule has 1 aliphatic heterocycles. The number of ketones is 2. The zero-order chi connectivity index (χ0) is 34.8. The minimum atomic E-state index is -1.02. The molecule has 0 radical (unpaired) electrons. The number of carbonyl (C=O) groups excluding carboxylic acids is 5. The van der Waals surface area contributed by atoms with Crippen molar-refractivity contribution >= 4 is 46.8 Å². The summed E-state index contributed by atoms with van der Waals surface area (Å²) in [4.78, 5) is 65.3. The fourth-order valence-electron chi connectivity index (χ4n) is 5.65. The van der Waals surface area contributed by atoms with Crippen molar-refractivity contribution < 1.29 is 43.3 Å². The lowest BCUT2D eigenvalue weighted by Crippen LogP contribution is -2.39. The first-order chi connectivity index (χ1) is 22.3. The van der Waals surface area contributed by atoms with Crippen molar-refractivity contribution in [2.24, 2.45) is 17.6 Å². The molecule has 0 aromatic carbocycles. The summed E-state index contributed by atoms with van der Waals surface area (Å²) in [6.45, 7) is 6.69. The van der Waals surface area contributed by atoms with E-state index in [1.54, 1.807) is 43.5 Å². The minimum Gasteiger partial charge on any atom is -0.439 e. The molecule has 13 heteroatoms. The monoisotopic (exact) mass is 669 g/mol. The second-order valence-electron chi connectivity index (χ2n) is 11.6. The van der Waals surface area contributed by atoms with Gasteiger partial charge in [0, 0.05) is 36.2 Å². The van der Waals surface area contributed by atoms with Gasteiger partial charge in [-0.15, -0.1) is 11.3 Å². The molecule has 0 spiro atoms. The molecule has 0 fully saturated rings. The number of Topliss-reactive ketones (excluding diaryl/α,β-unsaturated/α-hetero) is 2. The van der Waals surface area contributed by atoms with Crippen molar-refractivity contribution in [2.75, 3.05) is 20.8 Å². The third-order valence-corrected chi connectivity index (χ3v) is 8.97. The number of aliphatic hydroxyl groups is 1. The summed E-state index contributed by atoms with van der Waals surface area (Å²) in [6.07, 6.45) is 2.83. The van der Waals surface area contributed by atoms with Gasteiger partial charge in [0.1, 0.15) is 18.1 Å². The number of aliphatic hydroxyl groups excluding tert-OH is 1. The van der Waals surface area contributed by atoms with Crippen LogP contribution in [0.25, 0.3) is 5.57 Å². The summed E-state index contributed by atoms with van der Waals surface area (Å²) >= 11 is 1.23. The van der Waals surface area contributed by atoms with Crippen LogP contribution in [0, 0.1) is 11.8 Å². The van der Waals surface area contributed by atoms with Gasteiger partial charge in [-0.2, -0.15) is 0 Å². The molecular weight excluding hydrogens is 626 g/mol. The van der Waals surface area contributed by atoms with E-state index in [9.17, 15) is 29.1 Å². The third-order valence-electron chi connectivity index (χ3n) is 8.08. The van der Waals surface area contributed by atoms with Gasteiger partial charge in [-0.1, -0.05) is 44.2 Å². The van der Waals surface area contributed by atoms with Gasteiger partial charge in [-0.25, -0.2) is 4.79 Å². The highest BCUT2D eigenvalue weighted by Crippen LogP contribution is 2.35. The first-order valence-electron chi connectivity index (χ1n) is 15.2. The quantitative estimate of drug-likeness (QED) is 0.191. The number of fused-ring (bicyclic) bond motifs is 2. The Morgan fingerprint density at radius 1 is 1.17 bits per heavy atom. The van der Waals surface area contributed by atoms with Crippen molar-refractivity contribution in [2.45, 2.75) is 65.0 Å². The molecule has 1 aliphatic carbocycles. The van der Waals surface area contributed by atoms with E-state index in [2.05, 4.69) is 10.6 Å². The standard InChI is InChI=1S/C34H43N3O9S/c1-18-15-22-27(36-12-13-38)31(41)26(25-11-8-14-47-25)28(30(22)40)37-33(42)19(2)9-7-10-23(44-5)32(46-34(35)43)21(4)17-20(3)29(39)24(16-18)45-6/h7-11,13-14,17-18,20,23-24,29,32,36,39H,12,15-16H2,1-6H3,(H2,35,43)(H,37,42)/b10-7-,19-9+,21-17+/t18-,20+,23+,24+,29-,32+/m1/s1. The van der Waals surface area contributed by atoms with Gasteiger partial charge >= 0.3 is 6.09 Å². The van der Waals surface area contributed by atoms with Gasteiger partial charge in [-0.3, -0.25) is 14.4 Å². The lowest BCUT2D eigenvalue weighted by Gasteiger charge is -2.30. The summed E-state index contributed by atoms with van der Waals surface area (Å²) in [6, 6.07) is 3.40. The third kappa shape index (κ3) is 9.22. The Kier molecular flexibility index (Phi) is 13.6. The van der Waals surface area contributed by atoms with Crippen molar-refractivity contribution in [1.82, 2.24) is 10.6 Å². The average molecular weight is 670 g/mol. The van der Waals surface area contributed by atoms with E-state index in [0.29, 0.717) is 16.7 Å². The lowest BCUT2D eigenvalue weighted by atomic mass is 9.82.